The van der Waals surface area contributed by atoms with E-state index in [1.54, 1.807) is 17.6 Å². The summed E-state index contributed by atoms with van der Waals surface area (Å²) in [4.78, 5) is 16.4. The molecule has 0 saturated carbocycles. The normalized spacial score (nSPS) is 16.1. The van der Waals surface area contributed by atoms with Gasteiger partial charge in [0.2, 0.25) is 5.91 Å². The quantitative estimate of drug-likeness (QED) is 0.677. The van der Waals surface area contributed by atoms with Crippen LogP contribution in [0.5, 0.6) is 0 Å². The van der Waals surface area contributed by atoms with Crippen molar-refractivity contribution in [2.24, 2.45) is 0 Å². The molecule has 1 amide bonds. The molecule has 3 aromatic rings. The third-order valence-electron chi connectivity index (χ3n) is 5.64. The molecule has 1 atom stereocenters. The predicted molar refractivity (Wildman–Crippen MR) is 110 cm³/mol. The average molecular weight is 383 g/mol. The number of nitrogens with zero attached hydrogens (tertiary/aromatic N) is 1. The first-order valence-electron chi connectivity index (χ1n) is 9.64. The van der Waals surface area contributed by atoms with E-state index in [9.17, 15) is 4.79 Å². The molecule has 1 fully saturated rings. The Bertz CT molecular complexity index is 923. The number of carbonyl (C=O) groups excluding carboxylic acids is 1. The molecule has 4 nitrogen and oxygen atoms in total. The van der Waals surface area contributed by atoms with Crippen LogP contribution in [0.15, 0.2) is 40.3 Å². The first-order chi connectivity index (χ1) is 13.1. The second-order valence-electron chi connectivity index (χ2n) is 7.40. The molecule has 1 saturated heterocycles. The number of rotatable bonds is 6. The fraction of sp³-hybridized carbons (Fsp3) is 0.409. The maximum absolute atomic E-state index is 12.6. The zero-order valence-corrected chi connectivity index (χ0v) is 16.8. The highest BCUT2D eigenvalue weighted by atomic mass is 32.1. The van der Waals surface area contributed by atoms with E-state index in [0.29, 0.717) is 13.0 Å². The van der Waals surface area contributed by atoms with Crippen LogP contribution in [0.3, 0.4) is 0 Å². The summed E-state index contributed by atoms with van der Waals surface area (Å²) in [7, 11) is 0. The number of amides is 1. The van der Waals surface area contributed by atoms with Crippen molar-refractivity contribution in [3.8, 4) is 0 Å². The highest BCUT2D eigenvalue weighted by Gasteiger charge is 2.24. The van der Waals surface area contributed by atoms with Gasteiger partial charge in [0.1, 0.15) is 5.58 Å². The van der Waals surface area contributed by atoms with Crippen molar-refractivity contribution >= 4 is 28.2 Å². The highest BCUT2D eigenvalue weighted by Crippen LogP contribution is 2.29. The van der Waals surface area contributed by atoms with E-state index in [1.807, 2.05) is 0 Å². The zero-order chi connectivity index (χ0) is 18.8. The second-order valence-corrected chi connectivity index (χ2v) is 8.38. The van der Waals surface area contributed by atoms with Crippen molar-refractivity contribution < 1.29 is 9.21 Å². The van der Waals surface area contributed by atoms with Crippen LogP contribution in [-0.4, -0.2) is 30.4 Å². The van der Waals surface area contributed by atoms with Gasteiger partial charge in [-0.3, -0.25) is 9.69 Å². The number of benzene rings is 1. The molecule has 1 aliphatic heterocycles. The summed E-state index contributed by atoms with van der Waals surface area (Å²) in [5.41, 5.74) is 4.20. The molecule has 4 rings (SSSR count). The lowest BCUT2D eigenvalue weighted by molar-refractivity contribution is -0.120. The molecule has 0 bridgehead atoms. The van der Waals surface area contributed by atoms with Gasteiger partial charge in [-0.1, -0.05) is 18.2 Å². The summed E-state index contributed by atoms with van der Waals surface area (Å²) in [6.45, 7) is 7.03. The largest absolute Gasteiger partial charge is 0.464 e. The summed E-state index contributed by atoms with van der Waals surface area (Å²) >= 11 is 1.77. The molecule has 2 aromatic heterocycles. The van der Waals surface area contributed by atoms with Crippen LogP contribution in [0, 0.1) is 13.8 Å². The maximum atomic E-state index is 12.6. The molecule has 27 heavy (non-hydrogen) atoms. The molecular weight excluding hydrogens is 356 g/mol. The number of likely N-dealkylation sites (tertiary alicyclic amines) is 1. The van der Waals surface area contributed by atoms with Gasteiger partial charge in [0.25, 0.3) is 0 Å². The van der Waals surface area contributed by atoms with Crippen molar-refractivity contribution in [3.63, 3.8) is 0 Å². The van der Waals surface area contributed by atoms with Gasteiger partial charge in [0.05, 0.1) is 18.7 Å². The Hall–Kier alpha value is -2.11. The Labute approximate surface area is 164 Å². The molecule has 5 heteroatoms. The van der Waals surface area contributed by atoms with E-state index in [0.717, 1.165) is 35.2 Å². The highest BCUT2D eigenvalue weighted by molar-refractivity contribution is 7.10. The molecule has 142 valence electrons. The van der Waals surface area contributed by atoms with Crippen LogP contribution in [-0.2, 0) is 11.2 Å². The second kappa shape index (κ2) is 7.87. The lowest BCUT2D eigenvalue weighted by Gasteiger charge is -2.26. The SMILES string of the molecule is Cc1ccc2c(CC(=O)NC[C@@H](c3cccs3)N3CCCC3)coc2c1C. The fourth-order valence-corrected chi connectivity index (χ4v) is 4.78. The molecule has 1 aromatic carbocycles. The van der Waals surface area contributed by atoms with Crippen molar-refractivity contribution in [1.29, 1.82) is 0 Å². The monoisotopic (exact) mass is 382 g/mol. The van der Waals surface area contributed by atoms with Crippen molar-refractivity contribution in [3.05, 3.63) is 57.5 Å². The van der Waals surface area contributed by atoms with Gasteiger partial charge in [0.15, 0.2) is 0 Å². The molecular formula is C22H26N2O2S. The molecule has 1 aliphatic rings. The summed E-state index contributed by atoms with van der Waals surface area (Å²) in [5, 5.41) is 6.32. The molecule has 0 unspecified atom stereocenters. The Morgan fingerprint density at radius 1 is 1.26 bits per heavy atom. The van der Waals surface area contributed by atoms with Gasteiger partial charge in [-0.2, -0.15) is 0 Å². The Kier molecular flexibility index (Phi) is 5.32. The molecule has 0 spiro atoms. The minimum Gasteiger partial charge on any atom is -0.464 e. The van der Waals surface area contributed by atoms with Gasteiger partial charge in [-0.05, 0) is 62.4 Å². The minimum atomic E-state index is 0.0525. The summed E-state index contributed by atoms with van der Waals surface area (Å²) in [6, 6.07) is 8.70. The van der Waals surface area contributed by atoms with Crippen molar-refractivity contribution in [2.75, 3.05) is 19.6 Å². The Morgan fingerprint density at radius 2 is 2.07 bits per heavy atom. The van der Waals surface area contributed by atoms with E-state index < -0.39 is 0 Å². The molecule has 0 radical (unpaired) electrons. The van der Waals surface area contributed by atoms with Crippen LogP contribution in [0.4, 0.5) is 0 Å². The van der Waals surface area contributed by atoms with E-state index in [4.69, 9.17) is 4.42 Å². The van der Waals surface area contributed by atoms with Gasteiger partial charge >= 0.3 is 0 Å². The Balaban J connectivity index is 1.44. The zero-order valence-electron chi connectivity index (χ0n) is 16.0. The first-order valence-corrected chi connectivity index (χ1v) is 10.5. The smallest absolute Gasteiger partial charge is 0.224 e. The van der Waals surface area contributed by atoms with Gasteiger partial charge in [-0.15, -0.1) is 11.3 Å². The number of aryl methyl sites for hydroxylation is 2. The van der Waals surface area contributed by atoms with Crippen LogP contribution in [0.1, 0.15) is 40.5 Å². The third kappa shape index (κ3) is 3.80. The maximum Gasteiger partial charge on any atom is 0.224 e. The fourth-order valence-electron chi connectivity index (χ4n) is 3.92. The summed E-state index contributed by atoms with van der Waals surface area (Å²) < 4.78 is 5.74. The van der Waals surface area contributed by atoms with E-state index in [2.05, 4.69) is 53.7 Å². The topological polar surface area (TPSA) is 45.5 Å². The van der Waals surface area contributed by atoms with Crippen molar-refractivity contribution in [2.45, 2.75) is 39.2 Å². The number of nitrogens with one attached hydrogen (secondary N) is 1. The summed E-state index contributed by atoms with van der Waals surface area (Å²) in [5.74, 6) is 0.0525. The minimum absolute atomic E-state index is 0.0525. The van der Waals surface area contributed by atoms with Crippen LogP contribution < -0.4 is 5.32 Å². The number of carbonyl (C=O) groups is 1. The molecule has 0 aliphatic carbocycles. The van der Waals surface area contributed by atoms with Gasteiger partial charge in [-0.25, -0.2) is 0 Å². The standard InChI is InChI=1S/C22H26N2O2S/c1-15-7-8-18-17(14-26-22(18)16(15)2)12-21(25)23-13-19(20-6-5-11-27-20)24-9-3-4-10-24/h5-8,11,14,19H,3-4,9-10,12-13H2,1-2H3,(H,23,25)/t19-/m0/s1. The molecule has 1 N–H and O–H groups in total. The van der Waals surface area contributed by atoms with E-state index >= 15 is 0 Å². The number of fused-ring (bicyclic) bond motifs is 1. The summed E-state index contributed by atoms with van der Waals surface area (Å²) in [6.07, 6.45) is 4.58. The van der Waals surface area contributed by atoms with E-state index in [-0.39, 0.29) is 11.9 Å². The lowest BCUT2D eigenvalue weighted by Crippen LogP contribution is -2.37. The molecule has 3 heterocycles. The van der Waals surface area contributed by atoms with E-state index in [1.165, 1.54) is 23.3 Å². The van der Waals surface area contributed by atoms with Crippen LogP contribution >= 0.6 is 11.3 Å². The van der Waals surface area contributed by atoms with Gasteiger partial charge < -0.3 is 9.73 Å². The third-order valence-corrected chi connectivity index (χ3v) is 6.61. The number of furan rings is 1. The predicted octanol–water partition coefficient (Wildman–Crippen LogP) is 4.61. The Morgan fingerprint density at radius 3 is 2.81 bits per heavy atom. The van der Waals surface area contributed by atoms with Crippen LogP contribution in [0.25, 0.3) is 11.0 Å². The average Bonchev–Trinajstić information content (AvgIpc) is 3.41. The number of hydrogen-bond donors (Lipinski definition) is 1. The number of thiophene rings is 1. The lowest BCUT2D eigenvalue weighted by atomic mass is 10.0. The van der Waals surface area contributed by atoms with Crippen LogP contribution in [0.2, 0.25) is 0 Å². The number of hydrogen-bond acceptors (Lipinski definition) is 4. The van der Waals surface area contributed by atoms with Crippen molar-refractivity contribution in [1.82, 2.24) is 10.2 Å². The van der Waals surface area contributed by atoms with Gasteiger partial charge in [0, 0.05) is 22.4 Å². The first kappa shape index (κ1) is 18.3.